The molecule has 2 saturated heterocycles. The standard InChI is InChI=1S/C42H50F3N5O4/c1-46-40(52)14-13-35(28-51)47-34-11-9-30(10-12-34)31-18-23-49(24-19-31)20-15-29-16-21-50(22-17-29)26-33-8-7-32(25-39(33)54-42(43,44)45)38-27-48(2)41(53)37-6-4-3-5-36(37)38/h3-12,25,27-29,31,35,47H,13-24,26H2,1-2H3,(H,46,52). The van der Waals surface area contributed by atoms with Crippen LogP contribution in [-0.2, 0) is 23.2 Å². The van der Waals surface area contributed by atoms with Crippen LogP contribution in [0.4, 0.5) is 18.9 Å². The van der Waals surface area contributed by atoms with Crippen molar-refractivity contribution in [1.29, 1.82) is 0 Å². The Balaban J connectivity index is 0.974. The van der Waals surface area contributed by atoms with Gasteiger partial charge in [0.15, 0.2) is 0 Å². The molecule has 4 aromatic rings. The number of likely N-dealkylation sites (tertiary alicyclic amines) is 2. The normalized spacial score (nSPS) is 17.0. The molecule has 288 valence electrons. The monoisotopic (exact) mass is 745 g/mol. The molecule has 0 spiro atoms. The minimum absolute atomic E-state index is 0.0834. The third kappa shape index (κ3) is 10.1. The lowest BCUT2D eigenvalue weighted by atomic mass is 9.88. The van der Waals surface area contributed by atoms with Gasteiger partial charge in [-0.25, -0.2) is 0 Å². The molecule has 2 N–H and O–H groups in total. The third-order valence-corrected chi connectivity index (χ3v) is 11.1. The Labute approximate surface area is 314 Å². The van der Waals surface area contributed by atoms with Crippen LogP contribution < -0.4 is 20.9 Å². The number of fused-ring (bicyclic) bond motifs is 1. The number of carbonyl (C=O) groups is 2. The molecule has 2 fully saturated rings. The second kappa shape index (κ2) is 17.6. The minimum atomic E-state index is -4.83. The number of ether oxygens (including phenoxy) is 1. The first-order valence-corrected chi connectivity index (χ1v) is 18.9. The van der Waals surface area contributed by atoms with Gasteiger partial charge < -0.3 is 29.6 Å². The van der Waals surface area contributed by atoms with E-state index in [-0.39, 0.29) is 17.2 Å². The highest BCUT2D eigenvalue weighted by molar-refractivity contribution is 5.96. The summed E-state index contributed by atoms with van der Waals surface area (Å²) in [7, 11) is 3.23. The highest BCUT2D eigenvalue weighted by Gasteiger charge is 2.33. The first-order chi connectivity index (χ1) is 26.0. The Morgan fingerprint density at radius 2 is 1.63 bits per heavy atom. The second-order valence-electron chi connectivity index (χ2n) is 14.7. The predicted octanol–water partition coefficient (Wildman–Crippen LogP) is 7.09. The number of alkyl halides is 3. The number of anilines is 1. The van der Waals surface area contributed by atoms with E-state index in [4.69, 9.17) is 0 Å². The number of hydrogen-bond acceptors (Lipinski definition) is 7. The summed E-state index contributed by atoms with van der Waals surface area (Å²) in [5, 5.41) is 6.99. The molecule has 1 unspecified atom stereocenters. The lowest BCUT2D eigenvalue weighted by Crippen LogP contribution is -2.37. The van der Waals surface area contributed by atoms with Gasteiger partial charge in [0.25, 0.3) is 5.56 Å². The SMILES string of the molecule is CNC(=O)CCC(C=O)Nc1ccc(C2CCN(CCC3CCN(Cc4ccc(-c5cn(C)c(=O)c6ccccc56)cc4OC(F)(F)F)CC3)CC2)cc1. The number of amides is 1. The van der Waals surface area contributed by atoms with Crippen LogP contribution in [0.1, 0.15) is 62.0 Å². The van der Waals surface area contributed by atoms with E-state index in [1.165, 1.54) is 16.2 Å². The Bertz CT molecular complexity index is 1950. The Kier molecular flexibility index (Phi) is 12.7. The van der Waals surface area contributed by atoms with Gasteiger partial charge in [-0.1, -0.05) is 42.5 Å². The summed E-state index contributed by atoms with van der Waals surface area (Å²) in [4.78, 5) is 40.5. The van der Waals surface area contributed by atoms with Gasteiger partial charge >= 0.3 is 6.36 Å². The van der Waals surface area contributed by atoms with Crippen molar-refractivity contribution < 1.29 is 27.5 Å². The van der Waals surface area contributed by atoms with Gasteiger partial charge in [0.1, 0.15) is 12.0 Å². The quantitative estimate of drug-likeness (QED) is 0.133. The molecule has 1 amide bonds. The number of aldehydes is 1. The van der Waals surface area contributed by atoms with Crippen LogP contribution in [0, 0.1) is 5.92 Å². The van der Waals surface area contributed by atoms with Gasteiger partial charge in [-0.3, -0.25) is 14.5 Å². The number of rotatable bonds is 14. The second-order valence-corrected chi connectivity index (χ2v) is 14.7. The summed E-state index contributed by atoms with van der Waals surface area (Å²) in [6.45, 7) is 5.14. The van der Waals surface area contributed by atoms with E-state index in [9.17, 15) is 27.6 Å². The van der Waals surface area contributed by atoms with Gasteiger partial charge in [0, 0.05) is 55.5 Å². The molecule has 6 rings (SSSR count). The van der Waals surface area contributed by atoms with E-state index in [0.29, 0.717) is 58.7 Å². The van der Waals surface area contributed by atoms with Gasteiger partial charge in [-0.15, -0.1) is 13.2 Å². The number of aryl methyl sites for hydroxylation is 1. The Morgan fingerprint density at radius 3 is 2.30 bits per heavy atom. The molecule has 0 radical (unpaired) electrons. The molecule has 0 saturated carbocycles. The maximum atomic E-state index is 13.6. The number of nitrogens with one attached hydrogen (secondary N) is 2. The van der Waals surface area contributed by atoms with Crippen LogP contribution >= 0.6 is 0 Å². The fourth-order valence-corrected chi connectivity index (χ4v) is 7.90. The summed E-state index contributed by atoms with van der Waals surface area (Å²) < 4.78 is 46.9. The molecule has 2 aliphatic rings. The van der Waals surface area contributed by atoms with E-state index in [2.05, 4.69) is 37.3 Å². The smallest absolute Gasteiger partial charge is 0.405 e. The zero-order valence-corrected chi connectivity index (χ0v) is 31.0. The fourth-order valence-electron chi connectivity index (χ4n) is 7.90. The summed E-state index contributed by atoms with van der Waals surface area (Å²) in [5.41, 5.74) is 3.72. The Hall–Kier alpha value is -4.68. The zero-order valence-electron chi connectivity index (χ0n) is 31.0. The largest absolute Gasteiger partial charge is 0.573 e. The van der Waals surface area contributed by atoms with Gasteiger partial charge in [0.2, 0.25) is 5.91 Å². The summed E-state index contributed by atoms with van der Waals surface area (Å²) in [5.74, 6) is 0.781. The average molecular weight is 746 g/mol. The highest BCUT2D eigenvalue weighted by Crippen LogP contribution is 2.36. The van der Waals surface area contributed by atoms with Crippen LogP contribution in [0.15, 0.2) is 77.7 Å². The van der Waals surface area contributed by atoms with Crippen LogP contribution in [0.25, 0.3) is 21.9 Å². The van der Waals surface area contributed by atoms with E-state index in [1.807, 2.05) is 30.3 Å². The average Bonchev–Trinajstić information content (AvgIpc) is 3.18. The van der Waals surface area contributed by atoms with Crippen molar-refractivity contribution in [2.24, 2.45) is 13.0 Å². The summed E-state index contributed by atoms with van der Waals surface area (Å²) in [6, 6.07) is 20.0. The molecule has 9 nitrogen and oxygen atoms in total. The van der Waals surface area contributed by atoms with Crippen LogP contribution in [0.3, 0.4) is 0 Å². The van der Waals surface area contributed by atoms with Crippen molar-refractivity contribution in [3.8, 4) is 16.9 Å². The van der Waals surface area contributed by atoms with Crippen molar-refractivity contribution in [2.45, 2.75) is 69.8 Å². The van der Waals surface area contributed by atoms with Crippen molar-refractivity contribution >= 4 is 28.7 Å². The first-order valence-electron chi connectivity index (χ1n) is 18.9. The zero-order chi connectivity index (χ0) is 38.2. The van der Waals surface area contributed by atoms with Crippen LogP contribution in [-0.4, -0.2) is 78.7 Å². The first kappa shape index (κ1) is 39.0. The van der Waals surface area contributed by atoms with Crippen molar-refractivity contribution in [3.63, 3.8) is 0 Å². The van der Waals surface area contributed by atoms with E-state index in [1.54, 1.807) is 38.5 Å². The highest BCUT2D eigenvalue weighted by atomic mass is 19.4. The molecule has 0 bridgehead atoms. The predicted molar refractivity (Wildman–Crippen MR) is 206 cm³/mol. The molecular weight excluding hydrogens is 695 g/mol. The van der Waals surface area contributed by atoms with Gasteiger partial charge in [0.05, 0.1) is 6.04 Å². The number of nitrogens with zero attached hydrogens (tertiary/aromatic N) is 3. The maximum absolute atomic E-state index is 13.6. The lowest BCUT2D eigenvalue weighted by Gasteiger charge is -2.35. The van der Waals surface area contributed by atoms with E-state index < -0.39 is 12.4 Å². The number of pyridine rings is 1. The number of piperidine rings is 2. The minimum Gasteiger partial charge on any atom is -0.405 e. The molecule has 54 heavy (non-hydrogen) atoms. The van der Waals surface area contributed by atoms with E-state index >= 15 is 0 Å². The van der Waals surface area contributed by atoms with Crippen molar-refractivity contribution in [2.75, 3.05) is 45.1 Å². The molecule has 3 aromatic carbocycles. The van der Waals surface area contributed by atoms with Gasteiger partial charge in [-0.2, -0.15) is 0 Å². The number of benzene rings is 3. The van der Waals surface area contributed by atoms with Crippen LogP contribution in [0.2, 0.25) is 0 Å². The van der Waals surface area contributed by atoms with Crippen molar-refractivity contribution in [1.82, 2.24) is 19.7 Å². The molecule has 0 aliphatic carbocycles. The third-order valence-electron chi connectivity index (χ3n) is 11.1. The molecule has 2 aliphatic heterocycles. The molecule has 1 atom stereocenters. The number of halogens is 3. The molecule has 12 heteroatoms. The molecular formula is C42H50F3N5O4. The summed E-state index contributed by atoms with van der Waals surface area (Å²) in [6.07, 6.45) is 3.72. The van der Waals surface area contributed by atoms with Gasteiger partial charge in [-0.05, 0) is 124 Å². The maximum Gasteiger partial charge on any atom is 0.573 e. The number of hydrogen-bond donors (Lipinski definition) is 2. The summed E-state index contributed by atoms with van der Waals surface area (Å²) >= 11 is 0. The number of aromatic nitrogens is 1. The topological polar surface area (TPSA) is 95.9 Å². The number of carbonyl (C=O) groups excluding carboxylic acids is 2. The fraction of sp³-hybridized carbons (Fsp3) is 0.452. The van der Waals surface area contributed by atoms with Crippen LogP contribution in [0.5, 0.6) is 5.75 Å². The van der Waals surface area contributed by atoms with Crippen molar-refractivity contribution in [3.05, 3.63) is 94.4 Å². The molecule has 1 aromatic heterocycles. The van der Waals surface area contributed by atoms with E-state index in [0.717, 1.165) is 76.8 Å². The Morgan fingerprint density at radius 1 is 0.944 bits per heavy atom. The molecule has 3 heterocycles. The lowest BCUT2D eigenvalue weighted by molar-refractivity contribution is -0.275.